The van der Waals surface area contributed by atoms with Gasteiger partial charge in [-0.15, -0.1) is 0 Å². The summed E-state index contributed by atoms with van der Waals surface area (Å²) < 4.78 is 0. The summed E-state index contributed by atoms with van der Waals surface area (Å²) in [5.41, 5.74) is 3.58. The minimum absolute atomic E-state index is 0.0998. The van der Waals surface area contributed by atoms with E-state index in [1.807, 2.05) is 60.7 Å². The van der Waals surface area contributed by atoms with Gasteiger partial charge in [-0.05, 0) is 29.7 Å². The number of aromatic nitrogens is 2. The second-order valence-corrected chi connectivity index (χ2v) is 9.95. The third-order valence-electron chi connectivity index (χ3n) is 5.85. The summed E-state index contributed by atoms with van der Waals surface area (Å²) in [5, 5.41) is 6.48. The molecule has 38 heavy (non-hydrogen) atoms. The van der Waals surface area contributed by atoms with Crippen molar-refractivity contribution in [2.45, 2.75) is 26.8 Å². The fourth-order valence-electron chi connectivity index (χ4n) is 3.92. The number of pyridine rings is 1. The maximum Gasteiger partial charge on any atom is 0.270 e. The van der Waals surface area contributed by atoms with Crippen LogP contribution in [0.15, 0.2) is 79.0 Å². The standard InChI is InChI=1S/C26H23N5O3.C4H10/c32-24(14-28-25(33)23-12-18-8-4-5-9-21(18)30-23)31-15-20(16-31)29-26(34)22-11-10-19(13-27-22)17-6-2-1-3-7-17;1-4(2)3/h1-13,20,30H,14-16H2,(H,28,33)(H,29,34);4H,1-3H3. The van der Waals surface area contributed by atoms with Crippen LogP contribution in [0.4, 0.5) is 0 Å². The number of hydrogen-bond donors (Lipinski definition) is 3. The first-order valence-corrected chi connectivity index (χ1v) is 12.8. The largest absolute Gasteiger partial charge is 0.351 e. The molecule has 3 heterocycles. The summed E-state index contributed by atoms with van der Waals surface area (Å²) in [4.78, 5) is 46.1. The van der Waals surface area contributed by atoms with Gasteiger partial charge in [-0.2, -0.15) is 0 Å². The summed E-state index contributed by atoms with van der Waals surface area (Å²) in [5.74, 6) is 0.0315. The topological polar surface area (TPSA) is 107 Å². The Morgan fingerprint density at radius 3 is 2.26 bits per heavy atom. The van der Waals surface area contributed by atoms with E-state index in [2.05, 4.69) is 41.4 Å². The molecule has 3 amide bonds. The minimum atomic E-state index is -0.333. The molecular weight excluding hydrogens is 478 g/mol. The predicted molar refractivity (Wildman–Crippen MR) is 149 cm³/mol. The molecule has 8 heteroatoms. The van der Waals surface area contributed by atoms with E-state index in [1.54, 1.807) is 23.2 Å². The molecule has 196 valence electrons. The van der Waals surface area contributed by atoms with Crippen molar-refractivity contribution >= 4 is 28.6 Å². The Morgan fingerprint density at radius 1 is 0.921 bits per heavy atom. The van der Waals surface area contributed by atoms with Crippen LogP contribution in [0.3, 0.4) is 0 Å². The maximum absolute atomic E-state index is 12.5. The lowest BCUT2D eigenvalue weighted by atomic mass is 10.1. The highest BCUT2D eigenvalue weighted by molar-refractivity contribution is 5.99. The molecule has 8 nitrogen and oxygen atoms in total. The number of amides is 3. The molecule has 0 bridgehead atoms. The van der Waals surface area contributed by atoms with Gasteiger partial charge in [0, 0.05) is 35.8 Å². The summed E-state index contributed by atoms with van der Waals surface area (Å²) in [6, 6.07) is 22.6. The van der Waals surface area contributed by atoms with E-state index in [4.69, 9.17) is 0 Å². The number of hydrogen-bond acceptors (Lipinski definition) is 4. The van der Waals surface area contributed by atoms with Crippen LogP contribution < -0.4 is 10.6 Å². The second-order valence-electron chi connectivity index (χ2n) is 9.95. The van der Waals surface area contributed by atoms with Crippen molar-refractivity contribution in [2.24, 2.45) is 5.92 Å². The van der Waals surface area contributed by atoms with E-state index < -0.39 is 0 Å². The molecular formula is C30H33N5O3. The Kier molecular flexibility index (Phi) is 8.53. The lowest BCUT2D eigenvalue weighted by Crippen LogP contribution is -2.62. The number of aromatic amines is 1. The number of benzene rings is 2. The lowest BCUT2D eigenvalue weighted by Gasteiger charge is -2.39. The highest BCUT2D eigenvalue weighted by Crippen LogP contribution is 2.18. The first kappa shape index (κ1) is 26.6. The number of para-hydroxylation sites is 1. The number of rotatable bonds is 6. The van der Waals surface area contributed by atoms with Crippen LogP contribution in [0.25, 0.3) is 22.0 Å². The zero-order valence-corrected chi connectivity index (χ0v) is 21.9. The molecule has 0 unspecified atom stereocenters. The second kappa shape index (κ2) is 12.2. The first-order chi connectivity index (χ1) is 18.3. The highest BCUT2D eigenvalue weighted by Gasteiger charge is 2.32. The molecule has 1 aliphatic rings. The lowest BCUT2D eigenvalue weighted by molar-refractivity contribution is -0.134. The molecule has 0 spiro atoms. The average Bonchev–Trinajstić information content (AvgIpc) is 3.34. The van der Waals surface area contributed by atoms with E-state index in [-0.39, 0.29) is 30.3 Å². The molecule has 5 rings (SSSR count). The average molecular weight is 512 g/mol. The molecule has 1 saturated heterocycles. The Hall–Kier alpha value is -4.46. The van der Waals surface area contributed by atoms with E-state index in [9.17, 15) is 14.4 Å². The summed E-state index contributed by atoms with van der Waals surface area (Å²) in [6.07, 6.45) is 1.68. The normalized spacial score (nSPS) is 12.9. The van der Waals surface area contributed by atoms with Gasteiger partial charge in [0.05, 0.1) is 12.6 Å². The Morgan fingerprint density at radius 2 is 1.61 bits per heavy atom. The van der Waals surface area contributed by atoms with Gasteiger partial charge < -0.3 is 20.5 Å². The van der Waals surface area contributed by atoms with Crippen molar-refractivity contribution < 1.29 is 14.4 Å². The van der Waals surface area contributed by atoms with E-state index in [0.717, 1.165) is 27.9 Å². The number of carbonyl (C=O) groups is 3. The van der Waals surface area contributed by atoms with Crippen molar-refractivity contribution in [3.05, 3.63) is 90.4 Å². The molecule has 0 radical (unpaired) electrons. The maximum atomic E-state index is 12.5. The van der Waals surface area contributed by atoms with Gasteiger partial charge in [-0.1, -0.05) is 75.4 Å². The van der Waals surface area contributed by atoms with Crippen LogP contribution in [0.5, 0.6) is 0 Å². The number of H-pyrrole nitrogens is 1. The number of nitrogens with one attached hydrogen (secondary N) is 3. The van der Waals surface area contributed by atoms with Crippen molar-refractivity contribution in [3.8, 4) is 11.1 Å². The van der Waals surface area contributed by atoms with Crippen molar-refractivity contribution in [1.29, 1.82) is 0 Å². The quantitative estimate of drug-likeness (QED) is 0.359. The molecule has 2 aromatic carbocycles. The third kappa shape index (κ3) is 6.85. The number of nitrogens with zero attached hydrogens (tertiary/aromatic N) is 2. The van der Waals surface area contributed by atoms with E-state index in [0.29, 0.717) is 24.5 Å². The van der Waals surface area contributed by atoms with Crippen LogP contribution in [0.2, 0.25) is 0 Å². The van der Waals surface area contributed by atoms with Crippen molar-refractivity contribution in [2.75, 3.05) is 19.6 Å². The van der Waals surface area contributed by atoms with Gasteiger partial charge in [0.1, 0.15) is 11.4 Å². The minimum Gasteiger partial charge on any atom is -0.351 e. The number of carbonyl (C=O) groups excluding carboxylic acids is 3. The van der Waals surface area contributed by atoms with Gasteiger partial charge in [-0.25, -0.2) is 0 Å². The fourth-order valence-corrected chi connectivity index (χ4v) is 3.92. The third-order valence-corrected chi connectivity index (χ3v) is 5.85. The zero-order chi connectivity index (χ0) is 27.1. The van der Waals surface area contributed by atoms with Gasteiger partial charge in [0.2, 0.25) is 5.91 Å². The van der Waals surface area contributed by atoms with Crippen LogP contribution in [0, 0.1) is 5.92 Å². The summed E-state index contributed by atoms with van der Waals surface area (Å²) >= 11 is 0. The molecule has 0 aliphatic carbocycles. The summed E-state index contributed by atoms with van der Waals surface area (Å²) in [7, 11) is 0. The molecule has 1 fully saturated rings. The smallest absolute Gasteiger partial charge is 0.270 e. The zero-order valence-electron chi connectivity index (χ0n) is 21.9. The van der Waals surface area contributed by atoms with Gasteiger partial charge >= 0.3 is 0 Å². The van der Waals surface area contributed by atoms with E-state index >= 15 is 0 Å². The first-order valence-electron chi connectivity index (χ1n) is 12.8. The molecule has 0 atom stereocenters. The van der Waals surface area contributed by atoms with Crippen LogP contribution in [-0.4, -0.2) is 58.3 Å². The van der Waals surface area contributed by atoms with Crippen molar-refractivity contribution in [3.63, 3.8) is 0 Å². The number of fused-ring (bicyclic) bond motifs is 1. The SMILES string of the molecule is CC(C)C.O=C(NC1CN(C(=O)CNC(=O)c2cc3ccccc3[nH]2)C1)c1ccc(-c2ccccc2)cn1. The monoisotopic (exact) mass is 511 g/mol. The van der Waals surface area contributed by atoms with Crippen LogP contribution in [-0.2, 0) is 4.79 Å². The Labute approximate surface area is 222 Å². The fraction of sp³-hybridized carbons (Fsp3) is 0.267. The molecule has 0 saturated carbocycles. The summed E-state index contributed by atoms with van der Waals surface area (Å²) in [6.45, 7) is 7.20. The molecule has 2 aromatic heterocycles. The molecule has 4 aromatic rings. The van der Waals surface area contributed by atoms with Gasteiger partial charge in [-0.3, -0.25) is 19.4 Å². The number of likely N-dealkylation sites (tertiary alicyclic amines) is 1. The Balaban J connectivity index is 0.000000786. The highest BCUT2D eigenvalue weighted by atomic mass is 16.2. The Bertz CT molecular complexity index is 1350. The van der Waals surface area contributed by atoms with Gasteiger partial charge in [0.15, 0.2) is 0 Å². The van der Waals surface area contributed by atoms with E-state index in [1.165, 1.54) is 0 Å². The van der Waals surface area contributed by atoms with Crippen LogP contribution >= 0.6 is 0 Å². The molecule has 3 N–H and O–H groups in total. The molecule has 1 aliphatic heterocycles. The van der Waals surface area contributed by atoms with Crippen LogP contribution in [0.1, 0.15) is 41.7 Å². The van der Waals surface area contributed by atoms with Crippen molar-refractivity contribution in [1.82, 2.24) is 25.5 Å². The predicted octanol–water partition coefficient (Wildman–Crippen LogP) is 4.26. The van der Waals surface area contributed by atoms with Gasteiger partial charge in [0.25, 0.3) is 11.8 Å².